The van der Waals surface area contributed by atoms with Gasteiger partial charge in [0, 0.05) is 20.1 Å². The molecule has 0 saturated carbocycles. The molecule has 6 nitrogen and oxygen atoms in total. The number of amides is 1. The molecule has 0 spiro atoms. The van der Waals surface area contributed by atoms with Crippen LogP contribution in [-0.2, 0) is 14.3 Å². The Kier molecular flexibility index (Phi) is 3.89. The minimum Gasteiger partial charge on any atom is -0.479 e. The average Bonchev–Trinajstić information content (AvgIpc) is 2.20. The van der Waals surface area contributed by atoms with Crippen molar-refractivity contribution in [1.82, 2.24) is 4.90 Å². The van der Waals surface area contributed by atoms with Gasteiger partial charge in [0.2, 0.25) is 0 Å². The van der Waals surface area contributed by atoms with Gasteiger partial charge in [0.15, 0.2) is 5.54 Å². The predicted octanol–water partition coefficient (Wildman–Crippen LogP) is 0.485. The smallest absolute Gasteiger partial charge is 0.411 e. The maximum absolute atomic E-state index is 11.5. The number of hydrogen-bond acceptors (Lipinski definition) is 4. The van der Waals surface area contributed by atoms with Crippen molar-refractivity contribution in [2.75, 3.05) is 26.9 Å². The number of carbonyl (C=O) groups is 2. The van der Waals surface area contributed by atoms with Gasteiger partial charge in [0.25, 0.3) is 0 Å². The Bertz CT molecular complexity index is 304. The van der Waals surface area contributed by atoms with Crippen LogP contribution in [-0.4, -0.2) is 54.5 Å². The molecular formula is C10H15NO5. The van der Waals surface area contributed by atoms with E-state index in [4.69, 9.17) is 14.6 Å². The fraction of sp³-hybridized carbons (Fsp3) is 0.600. The van der Waals surface area contributed by atoms with E-state index in [1.807, 2.05) is 0 Å². The summed E-state index contributed by atoms with van der Waals surface area (Å²) in [6, 6.07) is 0. The fourth-order valence-electron chi connectivity index (χ4n) is 1.64. The van der Waals surface area contributed by atoms with Crippen LogP contribution < -0.4 is 0 Å². The number of rotatable bonds is 5. The first-order valence-electron chi connectivity index (χ1n) is 4.86. The zero-order chi connectivity index (χ0) is 12.2. The maximum atomic E-state index is 11.5. The van der Waals surface area contributed by atoms with Crippen LogP contribution in [0.15, 0.2) is 12.7 Å². The van der Waals surface area contributed by atoms with Crippen LogP contribution in [0.4, 0.5) is 4.79 Å². The number of carboxylic acids is 1. The Labute approximate surface area is 93.4 Å². The molecule has 1 unspecified atom stereocenters. The largest absolute Gasteiger partial charge is 0.479 e. The van der Waals surface area contributed by atoms with Gasteiger partial charge >= 0.3 is 12.1 Å². The van der Waals surface area contributed by atoms with Crippen molar-refractivity contribution in [2.45, 2.75) is 12.0 Å². The summed E-state index contributed by atoms with van der Waals surface area (Å²) in [5, 5.41) is 9.11. The molecule has 1 aliphatic rings. The molecule has 1 atom stereocenters. The third kappa shape index (κ3) is 2.01. The predicted molar refractivity (Wildman–Crippen MR) is 55.1 cm³/mol. The Morgan fingerprint density at radius 2 is 2.31 bits per heavy atom. The number of ether oxygens (including phenoxy) is 2. The zero-order valence-electron chi connectivity index (χ0n) is 9.14. The second-order valence-electron chi connectivity index (χ2n) is 3.54. The SMILES string of the molecule is C=CCOC(=O)N1CCC1(COC)C(=O)O. The van der Waals surface area contributed by atoms with Gasteiger partial charge in [0.1, 0.15) is 6.61 Å². The quantitative estimate of drug-likeness (QED) is 0.694. The third-order valence-electron chi connectivity index (χ3n) is 2.59. The Morgan fingerprint density at radius 3 is 2.69 bits per heavy atom. The molecular weight excluding hydrogens is 214 g/mol. The summed E-state index contributed by atoms with van der Waals surface area (Å²) in [7, 11) is 1.40. The molecule has 1 fully saturated rings. The molecule has 0 aliphatic carbocycles. The first-order chi connectivity index (χ1) is 7.58. The third-order valence-corrected chi connectivity index (χ3v) is 2.59. The summed E-state index contributed by atoms with van der Waals surface area (Å²) in [5.74, 6) is -1.07. The number of aliphatic carboxylic acids is 1. The maximum Gasteiger partial charge on any atom is 0.411 e. The summed E-state index contributed by atoms with van der Waals surface area (Å²) in [6.07, 6.45) is 1.15. The fourth-order valence-corrected chi connectivity index (χ4v) is 1.64. The number of carboxylic acid groups (broad SMARTS) is 1. The standard InChI is InChI=1S/C10H15NO5/c1-3-6-16-9(14)11-5-4-10(11,7-15-2)8(12)13/h3H,1,4-7H2,2H3,(H,12,13). The minimum absolute atomic E-state index is 0.0362. The Balaban J connectivity index is 2.69. The van der Waals surface area contributed by atoms with Gasteiger partial charge in [0.05, 0.1) is 6.61 Å². The average molecular weight is 229 g/mol. The highest BCUT2D eigenvalue weighted by atomic mass is 16.6. The van der Waals surface area contributed by atoms with Gasteiger partial charge in [-0.05, 0) is 0 Å². The molecule has 16 heavy (non-hydrogen) atoms. The molecule has 1 N–H and O–H groups in total. The minimum atomic E-state index is -1.27. The highest BCUT2D eigenvalue weighted by Crippen LogP contribution is 2.32. The van der Waals surface area contributed by atoms with E-state index in [-0.39, 0.29) is 13.2 Å². The molecule has 90 valence electrons. The van der Waals surface area contributed by atoms with Crippen LogP contribution in [0.25, 0.3) is 0 Å². The molecule has 0 aromatic carbocycles. The van der Waals surface area contributed by atoms with Crippen LogP contribution in [0.5, 0.6) is 0 Å². The first kappa shape index (κ1) is 12.5. The number of likely N-dealkylation sites (tertiary alicyclic amines) is 1. The highest BCUT2D eigenvalue weighted by molar-refractivity contribution is 5.86. The second-order valence-corrected chi connectivity index (χ2v) is 3.54. The van der Waals surface area contributed by atoms with E-state index < -0.39 is 17.6 Å². The van der Waals surface area contributed by atoms with Crippen molar-refractivity contribution in [3.63, 3.8) is 0 Å². The van der Waals surface area contributed by atoms with Gasteiger partial charge in [-0.1, -0.05) is 12.7 Å². The number of methoxy groups -OCH3 is 1. The van der Waals surface area contributed by atoms with Crippen molar-refractivity contribution in [2.24, 2.45) is 0 Å². The lowest BCUT2D eigenvalue weighted by Crippen LogP contribution is -2.68. The Morgan fingerprint density at radius 1 is 1.62 bits per heavy atom. The van der Waals surface area contributed by atoms with E-state index >= 15 is 0 Å². The van der Waals surface area contributed by atoms with Crippen LogP contribution in [0, 0.1) is 0 Å². The lowest BCUT2D eigenvalue weighted by molar-refractivity contribution is -0.164. The van der Waals surface area contributed by atoms with Crippen LogP contribution in [0.2, 0.25) is 0 Å². The van der Waals surface area contributed by atoms with Crippen molar-refractivity contribution < 1.29 is 24.2 Å². The van der Waals surface area contributed by atoms with Crippen LogP contribution in [0.1, 0.15) is 6.42 Å². The highest BCUT2D eigenvalue weighted by Gasteiger charge is 2.54. The van der Waals surface area contributed by atoms with Gasteiger partial charge < -0.3 is 14.6 Å². The molecule has 1 aliphatic heterocycles. The molecule has 0 aromatic rings. The van der Waals surface area contributed by atoms with Crippen molar-refractivity contribution in [3.05, 3.63) is 12.7 Å². The number of carbonyl (C=O) groups excluding carboxylic acids is 1. The molecule has 1 amide bonds. The van der Waals surface area contributed by atoms with E-state index in [1.165, 1.54) is 18.1 Å². The molecule has 1 rings (SSSR count). The normalized spacial score (nSPS) is 23.4. The second kappa shape index (κ2) is 4.98. The van der Waals surface area contributed by atoms with Crippen LogP contribution in [0.3, 0.4) is 0 Å². The number of nitrogens with zero attached hydrogens (tertiary/aromatic N) is 1. The summed E-state index contributed by atoms with van der Waals surface area (Å²) in [5.41, 5.74) is -1.27. The van der Waals surface area contributed by atoms with E-state index in [9.17, 15) is 9.59 Å². The lowest BCUT2D eigenvalue weighted by Gasteiger charge is -2.47. The summed E-state index contributed by atoms with van der Waals surface area (Å²) >= 11 is 0. The zero-order valence-corrected chi connectivity index (χ0v) is 9.14. The Hall–Kier alpha value is -1.56. The molecule has 6 heteroatoms. The van der Waals surface area contributed by atoms with Gasteiger partial charge in [-0.25, -0.2) is 9.59 Å². The van der Waals surface area contributed by atoms with Crippen molar-refractivity contribution >= 4 is 12.1 Å². The van der Waals surface area contributed by atoms with E-state index in [0.717, 1.165) is 0 Å². The monoisotopic (exact) mass is 229 g/mol. The van der Waals surface area contributed by atoms with Gasteiger partial charge in [-0.15, -0.1) is 0 Å². The summed E-state index contributed by atoms with van der Waals surface area (Å²) in [6.45, 7) is 3.80. The van der Waals surface area contributed by atoms with Gasteiger partial charge in [-0.3, -0.25) is 4.90 Å². The number of hydrogen-bond donors (Lipinski definition) is 1. The van der Waals surface area contributed by atoms with Gasteiger partial charge in [-0.2, -0.15) is 0 Å². The van der Waals surface area contributed by atoms with Crippen molar-refractivity contribution in [1.29, 1.82) is 0 Å². The van der Waals surface area contributed by atoms with E-state index in [0.29, 0.717) is 13.0 Å². The van der Waals surface area contributed by atoms with E-state index in [2.05, 4.69) is 6.58 Å². The topological polar surface area (TPSA) is 76.1 Å². The molecule has 1 saturated heterocycles. The van der Waals surface area contributed by atoms with Crippen molar-refractivity contribution in [3.8, 4) is 0 Å². The summed E-state index contributed by atoms with van der Waals surface area (Å²) < 4.78 is 9.64. The van der Waals surface area contributed by atoms with E-state index in [1.54, 1.807) is 0 Å². The lowest BCUT2D eigenvalue weighted by atomic mass is 9.86. The van der Waals surface area contributed by atoms with Crippen LogP contribution >= 0.6 is 0 Å². The molecule has 0 aromatic heterocycles. The molecule has 1 heterocycles. The molecule has 0 bridgehead atoms. The first-order valence-corrected chi connectivity index (χ1v) is 4.86. The summed E-state index contributed by atoms with van der Waals surface area (Å²) in [4.78, 5) is 23.8. The molecule has 0 radical (unpaired) electrons.